The minimum Gasteiger partial charge on any atom is -0.506 e. The van der Waals surface area contributed by atoms with Gasteiger partial charge >= 0.3 is 0 Å². The quantitative estimate of drug-likeness (QED) is 0.795. The molecule has 0 amide bonds. The zero-order valence-corrected chi connectivity index (χ0v) is 9.81. The smallest absolute Gasteiger partial charge is 0.213 e. The summed E-state index contributed by atoms with van der Waals surface area (Å²) in [7, 11) is 0. The van der Waals surface area contributed by atoms with Crippen molar-refractivity contribution < 1.29 is 9.63 Å². The normalized spacial score (nSPS) is 10.6. The minimum absolute atomic E-state index is 0.126. The Balaban J connectivity index is 1.80. The third-order valence-electron chi connectivity index (χ3n) is 2.32. The number of hydrogen-bond acceptors (Lipinski definition) is 5. The average Bonchev–Trinajstić information content (AvgIpc) is 2.83. The van der Waals surface area contributed by atoms with Crippen molar-refractivity contribution >= 4 is 11.6 Å². The van der Waals surface area contributed by atoms with Gasteiger partial charge in [0.2, 0.25) is 6.39 Å². The maximum atomic E-state index is 9.67. The van der Waals surface area contributed by atoms with Crippen molar-refractivity contribution in [2.45, 2.75) is 13.0 Å². The zero-order valence-electron chi connectivity index (χ0n) is 9.06. The van der Waals surface area contributed by atoms with Crippen LogP contribution in [0.5, 0.6) is 5.75 Å². The van der Waals surface area contributed by atoms with Crippen LogP contribution in [0.2, 0.25) is 5.02 Å². The predicted molar refractivity (Wildman–Crippen MR) is 62.8 cm³/mol. The van der Waals surface area contributed by atoms with Crippen LogP contribution in [0.15, 0.2) is 29.1 Å². The third-order valence-corrected chi connectivity index (χ3v) is 2.62. The highest BCUT2D eigenvalue weighted by molar-refractivity contribution is 6.32. The van der Waals surface area contributed by atoms with E-state index in [0.717, 1.165) is 5.56 Å². The molecular weight excluding hydrogens is 242 g/mol. The van der Waals surface area contributed by atoms with E-state index < -0.39 is 0 Å². The Hall–Kier alpha value is -1.59. The van der Waals surface area contributed by atoms with Crippen molar-refractivity contribution in [2.75, 3.05) is 6.54 Å². The van der Waals surface area contributed by atoms with Crippen molar-refractivity contribution in [3.8, 4) is 5.75 Å². The van der Waals surface area contributed by atoms with Gasteiger partial charge in [0.25, 0.3) is 0 Å². The maximum absolute atomic E-state index is 9.67. The number of aromatic nitrogens is 2. The van der Waals surface area contributed by atoms with E-state index in [1.54, 1.807) is 12.1 Å². The molecule has 2 aromatic rings. The summed E-state index contributed by atoms with van der Waals surface area (Å²) in [6.45, 7) is 1.25. The molecule has 0 atom stereocenters. The van der Waals surface area contributed by atoms with E-state index in [9.17, 15) is 5.11 Å². The fraction of sp³-hybridized carbons (Fsp3) is 0.273. The topological polar surface area (TPSA) is 71.2 Å². The van der Waals surface area contributed by atoms with Crippen LogP contribution in [0.25, 0.3) is 0 Å². The number of phenolic OH excluding ortho intramolecular Hbond substituents is 1. The molecule has 0 aliphatic carbocycles. The molecule has 90 valence electrons. The van der Waals surface area contributed by atoms with Gasteiger partial charge in [-0.1, -0.05) is 28.9 Å². The number of nitrogens with zero attached hydrogens (tertiary/aromatic N) is 2. The Bertz CT molecular complexity index is 474. The average molecular weight is 254 g/mol. The largest absolute Gasteiger partial charge is 0.506 e. The Morgan fingerprint density at radius 3 is 3.06 bits per heavy atom. The van der Waals surface area contributed by atoms with E-state index in [-0.39, 0.29) is 5.75 Å². The van der Waals surface area contributed by atoms with Crippen LogP contribution in [0.3, 0.4) is 0 Å². The molecule has 0 aliphatic rings. The fourth-order valence-electron chi connectivity index (χ4n) is 1.43. The van der Waals surface area contributed by atoms with E-state index in [1.165, 1.54) is 6.39 Å². The van der Waals surface area contributed by atoms with Crippen molar-refractivity contribution in [1.29, 1.82) is 0 Å². The van der Waals surface area contributed by atoms with Gasteiger partial charge in [0.05, 0.1) is 5.02 Å². The zero-order chi connectivity index (χ0) is 12.1. The second-order valence-corrected chi connectivity index (χ2v) is 3.93. The molecule has 0 unspecified atom stereocenters. The number of aromatic hydroxyl groups is 1. The van der Waals surface area contributed by atoms with Crippen LogP contribution in [0.1, 0.15) is 11.4 Å². The van der Waals surface area contributed by atoms with Gasteiger partial charge in [-0.3, -0.25) is 0 Å². The summed E-state index contributed by atoms with van der Waals surface area (Å²) < 4.78 is 4.62. The first kappa shape index (κ1) is 11.9. The summed E-state index contributed by atoms with van der Waals surface area (Å²) in [4.78, 5) is 3.90. The Morgan fingerprint density at radius 1 is 1.41 bits per heavy atom. The Kier molecular flexibility index (Phi) is 3.95. The van der Waals surface area contributed by atoms with Gasteiger partial charge in [-0.15, -0.1) is 0 Å². The Morgan fingerprint density at radius 2 is 2.29 bits per heavy atom. The van der Waals surface area contributed by atoms with E-state index in [0.29, 0.717) is 30.4 Å². The summed E-state index contributed by atoms with van der Waals surface area (Å²) in [6, 6.07) is 5.28. The molecule has 17 heavy (non-hydrogen) atoms. The van der Waals surface area contributed by atoms with Gasteiger partial charge in [-0.25, -0.2) is 0 Å². The van der Waals surface area contributed by atoms with Gasteiger partial charge < -0.3 is 14.9 Å². The Labute approximate surface area is 103 Å². The first-order chi connectivity index (χ1) is 8.27. The molecule has 0 saturated heterocycles. The predicted octanol–water partition coefficient (Wildman–Crippen LogP) is 1.76. The van der Waals surface area contributed by atoms with Crippen LogP contribution >= 0.6 is 11.6 Å². The lowest BCUT2D eigenvalue weighted by Gasteiger charge is -2.06. The second kappa shape index (κ2) is 5.65. The van der Waals surface area contributed by atoms with Crippen molar-refractivity contribution in [3.05, 3.63) is 41.0 Å². The van der Waals surface area contributed by atoms with Crippen LogP contribution in [-0.4, -0.2) is 21.8 Å². The fourth-order valence-corrected chi connectivity index (χ4v) is 1.62. The van der Waals surface area contributed by atoms with Crippen molar-refractivity contribution in [3.63, 3.8) is 0 Å². The van der Waals surface area contributed by atoms with Gasteiger partial charge in [0.15, 0.2) is 5.82 Å². The lowest BCUT2D eigenvalue weighted by molar-refractivity contribution is 0.409. The molecule has 0 saturated carbocycles. The summed E-state index contributed by atoms with van der Waals surface area (Å²) in [5.41, 5.74) is 0.769. The van der Waals surface area contributed by atoms with Crippen LogP contribution in [-0.2, 0) is 13.0 Å². The molecule has 2 N–H and O–H groups in total. The molecule has 0 spiro atoms. The van der Waals surface area contributed by atoms with Gasteiger partial charge in [-0.2, -0.15) is 4.98 Å². The number of para-hydroxylation sites is 1. The molecule has 6 heteroatoms. The lowest BCUT2D eigenvalue weighted by atomic mass is 10.2. The molecule has 1 aromatic heterocycles. The highest BCUT2D eigenvalue weighted by atomic mass is 35.5. The highest BCUT2D eigenvalue weighted by Crippen LogP contribution is 2.26. The number of nitrogens with one attached hydrogen (secondary N) is 1. The molecular formula is C11H12ClN3O2. The van der Waals surface area contributed by atoms with Crippen molar-refractivity contribution in [1.82, 2.24) is 15.5 Å². The molecule has 0 aliphatic heterocycles. The molecule has 1 aromatic carbocycles. The number of phenols is 1. The standard InChI is InChI=1S/C11H12ClN3O2/c12-9-3-1-2-8(11(9)16)6-13-5-4-10-14-7-17-15-10/h1-3,7,13,16H,4-6H2. The third kappa shape index (κ3) is 3.18. The number of rotatable bonds is 5. The monoisotopic (exact) mass is 253 g/mol. The van der Waals surface area contributed by atoms with E-state index in [1.807, 2.05) is 6.07 Å². The number of hydrogen-bond donors (Lipinski definition) is 2. The molecule has 0 bridgehead atoms. The summed E-state index contributed by atoms with van der Waals surface area (Å²) in [5, 5.41) is 16.9. The number of halogens is 1. The van der Waals surface area contributed by atoms with Gasteiger partial charge in [0, 0.05) is 25.1 Å². The van der Waals surface area contributed by atoms with Gasteiger partial charge in [0.1, 0.15) is 5.75 Å². The first-order valence-electron chi connectivity index (χ1n) is 5.19. The van der Waals surface area contributed by atoms with E-state index in [4.69, 9.17) is 11.6 Å². The molecule has 5 nitrogen and oxygen atoms in total. The highest BCUT2D eigenvalue weighted by Gasteiger charge is 2.04. The first-order valence-corrected chi connectivity index (χ1v) is 5.57. The van der Waals surface area contributed by atoms with Crippen LogP contribution in [0.4, 0.5) is 0 Å². The maximum Gasteiger partial charge on any atom is 0.213 e. The molecule has 2 rings (SSSR count). The SMILES string of the molecule is Oc1c(Cl)cccc1CNCCc1ncon1. The lowest BCUT2D eigenvalue weighted by Crippen LogP contribution is -2.17. The molecule has 0 fully saturated rings. The van der Waals surface area contributed by atoms with Crippen LogP contribution in [0, 0.1) is 0 Å². The van der Waals surface area contributed by atoms with E-state index >= 15 is 0 Å². The second-order valence-electron chi connectivity index (χ2n) is 3.52. The summed E-state index contributed by atoms with van der Waals surface area (Å²) in [5.74, 6) is 0.786. The summed E-state index contributed by atoms with van der Waals surface area (Å²) in [6.07, 6.45) is 1.98. The molecule has 0 radical (unpaired) electrons. The number of benzene rings is 1. The molecule has 1 heterocycles. The van der Waals surface area contributed by atoms with Gasteiger partial charge in [-0.05, 0) is 6.07 Å². The van der Waals surface area contributed by atoms with Crippen molar-refractivity contribution in [2.24, 2.45) is 0 Å². The van der Waals surface area contributed by atoms with E-state index in [2.05, 4.69) is 20.0 Å². The summed E-state index contributed by atoms with van der Waals surface area (Å²) >= 11 is 5.80. The van der Waals surface area contributed by atoms with Crippen LogP contribution < -0.4 is 5.32 Å². The minimum atomic E-state index is 0.126.